The van der Waals surface area contributed by atoms with Crippen LogP contribution in [0.2, 0.25) is 5.02 Å². The smallest absolute Gasteiger partial charge is 0.336 e. The quantitative estimate of drug-likeness (QED) is 0.303. The van der Waals surface area contributed by atoms with Crippen LogP contribution >= 0.6 is 23.4 Å². The van der Waals surface area contributed by atoms with Crippen LogP contribution in [0.4, 0.5) is 0 Å². The van der Waals surface area contributed by atoms with Crippen LogP contribution in [-0.2, 0) is 5.75 Å². The van der Waals surface area contributed by atoms with Crippen LogP contribution in [0.15, 0.2) is 62.9 Å². The Balaban J connectivity index is 1.53. The van der Waals surface area contributed by atoms with Gasteiger partial charge in [0.2, 0.25) is 0 Å². The summed E-state index contributed by atoms with van der Waals surface area (Å²) in [6, 6.07) is 14.3. The van der Waals surface area contributed by atoms with Crippen LogP contribution in [0.1, 0.15) is 37.3 Å². The van der Waals surface area contributed by atoms with Gasteiger partial charge in [-0.1, -0.05) is 48.3 Å². The number of thioether (sulfide) groups is 1. The highest BCUT2D eigenvalue weighted by atomic mass is 35.5. The van der Waals surface area contributed by atoms with E-state index in [1.807, 2.05) is 24.3 Å². The Morgan fingerprint density at radius 1 is 1.13 bits per heavy atom. The molecule has 2 aromatic heterocycles. The molecule has 0 unspecified atom stereocenters. The Morgan fingerprint density at radius 2 is 1.94 bits per heavy atom. The first-order chi connectivity index (χ1) is 15.1. The number of aromatic nitrogens is 3. The average Bonchev–Trinajstić information content (AvgIpc) is 3.41. The van der Waals surface area contributed by atoms with Gasteiger partial charge in [0.15, 0.2) is 11.0 Å². The Kier molecular flexibility index (Phi) is 5.46. The topological polar surface area (TPSA) is 81.2 Å². The molecule has 5 rings (SSSR count). The van der Waals surface area contributed by atoms with E-state index < -0.39 is 5.63 Å². The molecule has 0 amide bonds. The second-order valence-corrected chi connectivity index (χ2v) is 9.00. The second-order valence-electron chi connectivity index (χ2n) is 7.65. The fourth-order valence-corrected chi connectivity index (χ4v) is 5.39. The number of hydrogen-bond acceptors (Lipinski definition) is 6. The number of hydrogen-bond donors (Lipinski definition) is 1. The van der Waals surface area contributed by atoms with Crippen molar-refractivity contribution >= 4 is 34.3 Å². The number of benzene rings is 2. The van der Waals surface area contributed by atoms with Crippen LogP contribution in [0.3, 0.4) is 0 Å². The average molecular weight is 454 g/mol. The molecule has 4 aromatic rings. The predicted octanol–water partition coefficient (Wildman–Crippen LogP) is 5.82. The number of rotatable bonds is 5. The summed E-state index contributed by atoms with van der Waals surface area (Å²) in [4.78, 5) is 12.0. The molecule has 1 aliphatic rings. The molecule has 0 radical (unpaired) electrons. The maximum Gasteiger partial charge on any atom is 0.336 e. The third kappa shape index (κ3) is 3.95. The van der Waals surface area contributed by atoms with Crippen LogP contribution in [0.5, 0.6) is 5.75 Å². The molecule has 2 aromatic carbocycles. The zero-order chi connectivity index (χ0) is 21.4. The number of phenolic OH excluding ortho intramolecular Hbond substituents is 1. The number of phenols is 1. The Hall–Kier alpha value is -2.77. The van der Waals surface area contributed by atoms with E-state index in [1.54, 1.807) is 12.1 Å². The Labute approximate surface area is 187 Å². The van der Waals surface area contributed by atoms with Gasteiger partial charge in [-0.25, -0.2) is 4.79 Å². The zero-order valence-electron chi connectivity index (χ0n) is 16.6. The van der Waals surface area contributed by atoms with Gasteiger partial charge in [0.1, 0.15) is 11.3 Å². The van der Waals surface area contributed by atoms with Crippen molar-refractivity contribution in [2.45, 2.75) is 42.6 Å². The van der Waals surface area contributed by atoms with E-state index in [1.165, 1.54) is 36.7 Å². The third-order valence-electron chi connectivity index (χ3n) is 5.64. The van der Waals surface area contributed by atoms with Crippen LogP contribution in [-0.4, -0.2) is 19.9 Å². The molecule has 0 bridgehead atoms. The summed E-state index contributed by atoms with van der Waals surface area (Å²) in [5, 5.41) is 20.9. The van der Waals surface area contributed by atoms with E-state index in [4.69, 9.17) is 16.0 Å². The SMILES string of the molecule is O=c1cc(CSc2nnc(-c3ccccc3Cl)n2C2CCCC2)c2ccc(O)cc2o1. The lowest BCUT2D eigenvalue weighted by Crippen LogP contribution is -2.09. The minimum atomic E-state index is -0.442. The summed E-state index contributed by atoms with van der Waals surface area (Å²) in [5.41, 5.74) is 1.63. The van der Waals surface area contributed by atoms with E-state index >= 15 is 0 Å². The standard InChI is InChI=1S/C23H20ClN3O3S/c24-19-8-4-3-7-18(19)22-25-26-23(27(22)15-5-1-2-6-15)31-13-14-11-21(29)30-20-12-16(28)9-10-17(14)20/h3-4,7-12,15,28H,1-2,5-6,13H2. The van der Waals surface area contributed by atoms with Gasteiger partial charge in [-0.2, -0.15) is 0 Å². The van der Waals surface area contributed by atoms with Crippen LogP contribution in [0, 0.1) is 0 Å². The first-order valence-corrected chi connectivity index (χ1v) is 11.5. The van der Waals surface area contributed by atoms with Gasteiger partial charge in [0, 0.05) is 34.9 Å². The molecule has 1 saturated carbocycles. The summed E-state index contributed by atoms with van der Waals surface area (Å²) in [5.74, 6) is 1.37. The van der Waals surface area contributed by atoms with Gasteiger partial charge in [-0.15, -0.1) is 10.2 Å². The zero-order valence-corrected chi connectivity index (χ0v) is 18.2. The van der Waals surface area contributed by atoms with Gasteiger partial charge in [0.05, 0.1) is 5.02 Å². The Morgan fingerprint density at radius 3 is 2.74 bits per heavy atom. The number of fused-ring (bicyclic) bond motifs is 1. The molecule has 8 heteroatoms. The summed E-state index contributed by atoms with van der Waals surface area (Å²) in [7, 11) is 0. The molecule has 1 fully saturated rings. The molecule has 0 atom stereocenters. The highest BCUT2D eigenvalue weighted by Gasteiger charge is 2.26. The summed E-state index contributed by atoms with van der Waals surface area (Å²) in [6.07, 6.45) is 4.53. The van der Waals surface area contributed by atoms with Crippen molar-refractivity contribution in [1.82, 2.24) is 14.8 Å². The third-order valence-corrected chi connectivity index (χ3v) is 6.96. The van der Waals surface area contributed by atoms with E-state index in [0.717, 1.165) is 40.3 Å². The van der Waals surface area contributed by atoms with E-state index in [2.05, 4.69) is 14.8 Å². The minimum absolute atomic E-state index is 0.0609. The maximum absolute atomic E-state index is 12.0. The molecular weight excluding hydrogens is 434 g/mol. The van der Waals surface area contributed by atoms with Crippen LogP contribution < -0.4 is 5.63 Å². The lowest BCUT2D eigenvalue weighted by molar-refractivity contribution is 0.473. The van der Waals surface area contributed by atoms with Crippen molar-refractivity contribution in [1.29, 1.82) is 0 Å². The predicted molar refractivity (Wildman–Crippen MR) is 122 cm³/mol. The second kappa shape index (κ2) is 8.40. The summed E-state index contributed by atoms with van der Waals surface area (Å²) >= 11 is 8.00. The largest absolute Gasteiger partial charge is 0.508 e. The molecule has 6 nitrogen and oxygen atoms in total. The fraction of sp³-hybridized carbons (Fsp3) is 0.261. The number of aromatic hydroxyl groups is 1. The number of nitrogens with zero attached hydrogens (tertiary/aromatic N) is 3. The van der Waals surface area contributed by atoms with Crippen molar-refractivity contribution in [2.75, 3.05) is 0 Å². The monoisotopic (exact) mass is 453 g/mol. The minimum Gasteiger partial charge on any atom is -0.508 e. The highest BCUT2D eigenvalue weighted by molar-refractivity contribution is 7.98. The normalized spacial score (nSPS) is 14.5. The van der Waals surface area contributed by atoms with Gasteiger partial charge < -0.3 is 9.52 Å². The van der Waals surface area contributed by atoms with Crippen molar-refractivity contribution in [3.05, 3.63) is 69.5 Å². The molecular formula is C23H20ClN3O3S. The summed E-state index contributed by atoms with van der Waals surface area (Å²) < 4.78 is 7.45. The molecule has 2 heterocycles. The van der Waals surface area contributed by atoms with E-state index in [-0.39, 0.29) is 5.75 Å². The molecule has 31 heavy (non-hydrogen) atoms. The van der Waals surface area contributed by atoms with Gasteiger partial charge in [-0.3, -0.25) is 4.57 Å². The Bertz CT molecular complexity index is 1310. The van der Waals surface area contributed by atoms with Gasteiger partial charge in [0.25, 0.3) is 0 Å². The number of halogens is 1. The molecule has 1 N–H and O–H groups in total. The summed E-state index contributed by atoms with van der Waals surface area (Å²) in [6.45, 7) is 0. The molecule has 1 aliphatic carbocycles. The molecule has 0 spiro atoms. The van der Waals surface area contributed by atoms with Crippen molar-refractivity contribution in [2.24, 2.45) is 0 Å². The van der Waals surface area contributed by atoms with Crippen molar-refractivity contribution in [3.63, 3.8) is 0 Å². The fourth-order valence-electron chi connectivity index (χ4n) is 4.17. The van der Waals surface area contributed by atoms with Gasteiger partial charge >= 0.3 is 5.63 Å². The molecule has 0 aliphatic heterocycles. The van der Waals surface area contributed by atoms with E-state index in [9.17, 15) is 9.90 Å². The van der Waals surface area contributed by atoms with Crippen molar-refractivity contribution in [3.8, 4) is 17.1 Å². The first kappa shape index (κ1) is 20.2. The highest BCUT2D eigenvalue weighted by Crippen LogP contribution is 2.39. The molecule has 0 saturated heterocycles. The maximum atomic E-state index is 12.0. The molecule has 158 valence electrons. The van der Waals surface area contributed by atoms with Gasteiger partial charge in [-0.05, 0) is 42.7 Å². The first-order valence-electron chi connectivity index (χ1n) is 10.2. The lowest BCUT2D eigenvalue weighted by Gasteiger charge is -2.17. The van der Waals surface area contributed by atoms with Crippen molar-refractivity contribution < 1.29 is 9.52 Å². The lowest BCUT2D eigenvalue weighted by atomic mass is 10.1. The van der Waals surface area contributed by atoms with E-state index in [0.29, 0.717) is 22.4 Å². The van der Waals surface area contributed by atoms with Crippen LogP contribution in [0.25, 0.3) is 22.4 Å².